The minimum Gasteiger partial charge on any atom is -0.340 e. The lowest BCUT2D eigenvalue weighted by atomic mass is 9.86. The van der Waals surface area contributed by atoms with Crippen LogP contribution in [0.25, 0.3) is 0 Å². The Morgan fingerprint density at radius 1 is 1.50 bits per heavy atom. The van der Waals surface area contributed by atoms with Crippen molar-refractivity contribution >= 4 is 17.7 Å². The van der Waals surface area contributed by atoms with Crippen LogP contribution in [-0.2, 0) is 10.3 Å². The molecule has 1 unspecified atom stereocenters. The highest BCUT2D eigenvalue weighted by atomic mass is 32.2. The van der Waals surface area contributed by atoms with Gasteiger partial charge in [-0.2, -0.15) is 16.9 Å². The summed E-state index contributed by atoms with van der Waals surface area (Å²) in [5.74, 6) is 2.46. The minimum atomic E-state index is -0.489. The number of aromatic nitrogens is 2. The van der Waals surface area contributed by atoms with Gasteiger partial charge in [0.1, 0.15) is 5.54 Å². The summed E-state index contributed by atoms with van der Waals surface area (Å²) < 4.78 is 1.88. The Labute approximate surface area is 124 Å². The average Bonchev–Trinajstić information content (AvgIpc) is 3.19. The largest absolute Gasteiger partial charge is 0.340 e. The number of amides is 1. The van der Waals surface area contributed by atoms with E-state index in [2.05, 4.69) is 10.4 Å². The first-order valence-electron chi connectivity index (χ1n) is 7.30. The standard InChI is InChI=1S/C14H22N4OS/c1-17(12-3-10-20-11-12)13(19)14(4-7-15-8-5-14)18-9-2-6-16-18/h2,6,9,12,15H,3-5,7-8,10-11H2,1H3. The molecule has 2 aliphatic heterocycles. The van der Waals surface area contributed by atoms with Gasteiger partial charge in [0, 0.05) is 31.2 Å². The highest BCUT2D eigenvalue weighted by Gasteiger charge is 2.45. The third kappa shape index (κ3) is 2.35. The maximum absolute atomic E-state index is 13.1. The smallest absolute Gasteiger partial charge is 0.250 e. The normalized spacial score (nSPS) is 25.6. The van der Waals surface area contributed by atoms with Crippen LogP contribution >= 0.6 is 11.8 Å². The Morgan fingerprint density at radius 2 is 2.30 bits per heavy atom. The van der Waals surface area contributed by atoms with Gasteiger partial charge in [0.25, 0.3) is 5.91 Å². The van der Waals surface area contributed by atoms with Crippen molar-refractivity contribution in [3.63, 3.8) is 0 Å². The molecule has 1 aromatic rings. The molecule has 6 heteroatoms. The zero-order valence-electron chi connectivity index (χ0n) is 11.9. The predicted molar refractivity (Wildman–Crippen MR) is 80.8 cm³/mol. The predicted octanol–water partition coefficient (Wildman–Crippen LogP) is 0.926. The Morgan fingerprint density at radius 3 is 2.90 bits per heavy atom. The number of nitrogens with zero attached hydrogens (tertiary/aromatic N) is 3. The van der Waals surface area contributed by atoms with Crippen LogP contribution in [-0.4, -0.2) is 58.3 Å². The second-order valence-electron chi connectivity index (χ2n) is 5.67. The first kappa shape index (κ1) is 13.9. The van der Waals surface area contributed by atoms with E-state index in [1.54, 1.807) is 6.20 Å². The summed E-state index contributed by atoms with van der Waals surface area (Å²) in [4.78, 5) is 15.1. The Hall–Kier alpha value is -1.01. The number of nitrogens with one attached hydrogen (secondary N) is 1. The van der Waals surface area contributed by atoms with Gasteiger partial charge in [-0.05, 0) is 44.2 Å². The summed E-state index contributed by atoms with van der Waals surface area (Å²) in [6.07, 6.45) is 6.44. The first-order valence-corrected chi connectivity index (χ1v) is 8.45. The van der Waals surface area contributed by atoms with Crippen molar-refractivity contribution in [1.82, 2.24) is 20.0 Å². The van der Waals surface area contributed by atoms with Gasteiger partial charge in [-0.3, -0.25) is 9.48 Å². The van der Waals surface area contributed by atoms with Crippen LogP contribution < -0.4 is 5.32 Å². The lowest BCUT2D eigenvalue weighted by Crippen LogP contribution is -2.56. The number of rotatable bonds is 3. The molecule has 1 aromatic heterocycles. The molecule has 0 aliphatic carbocycles. The SMILES string of the molecule is CN(C(=O)C1(n2cccn2)CCNCC1)C1CCSC1. The third-order valence-corrected chi connectivity index (χ3v) is 5.69. The van der Waals surface area contributed by atoms with Crippen LogP contribution in [0.2, 0.25) is 0 Å². The van der Waals surface area contributed by atoms with Crippen LogP contribution in [0.15, 0.2) is 18.5 Å². The van der Waals surface area contributed by atoms with E-state index in [1.165, 1.54) is 5.75 Å². The number of likely N-dealkylation sites (N-methyl/N-ethyl adjacent to an activating group) is 1. The summed E-state index contributed by atoms with van der Waals surface area (Å²) in [5.41, 5.74) is -0.489. The van der Waals surface area contributed by atoms with Crippen molar-refractivity contribution in [3.8, 4) is 0 Å². The molecule has 1 atom stereocenters. The second-order valence-corrected chi connectivity index (χ2v) is 6.82. The molecular formula is C14H22N4OS. The van der Waals surface area contributed by atoms with Crippen molar-refractivity contribution in [3.05, 3.63) is 18.5 Å². The van der Waals surface area contributed by atoms with E-state index in [0.717, 1.165) is 38.1 Å². The lowest BCUT2D eigenvalue weighted by molar-refractivity contribution is -0.143. The molecule has 3 heterocycles. The Kier molecular flexibility index (Phi) is 4.03. The Balaban J connectivity index is 1.87. The van der Waals surface area contributed by atoms with Gasteiger partial charge in [0.2, 0.25) is 0 Å². The fourth-order valence-corrected chi connectivity index (χ4v) is 4.49. The zero-order chi connectivity index (χ0) is 14.0. The molecule has 2 saturated heterocycles. The molecule has 1 amide bonds. The molecule has 0 spiro atoms. The maximum atomic E-state index is 13.1. The van der Waals surface area contributed by atoms with Crippen molar-refractivity contribution in [2.45, 2.75) is 30.8 Å². The monoisotopic (exact) mass is 294 g/mol. The fourth-order valence-electron chi connectivity index (χ4n) is 3.22. The van der Waals surface area contributed by atoms with Gasteiger partial charge >= 0.3 is 0 Å². The van der Waals surface area contributed by atoms with Gasteiger partial charge in [0.15, 0.2) is 0 Å². The number of hydrogen-bond acceptors (Lipinski definition) is 4. The number of thioether (sulfide) groups is 1. The number of carbonyl (C=O) groups is 1. The molecule has 1 N–H and O–H groups in total. The van der Waals surface area contributed by atoms with Crippen LogP contribution in [0.5, 0.6) is 0 Å². The highest BCUT2D eigenvalue weighted by molar-refractivity contribution is 7.99. The van der Waals surface area contributed by atoms with Gasteiger partial charge in [-0.25, -0.2) is 0 Å². The molecular weight excluding hydrogens is 272 g/mol. The van der Waals surface area contributed by atoms with Gasteiger partial charge in [-0.1, -0.05) is 0 Å². The van der Waals surface area contributed by atoms with Crippen molar-refractivity contribution in [2.24, 2.45) is 0 Å². The molecule has 2 aliphatic rings. The quantitative estimate of drug-likeness (QED) is 0.901. The molecule has 0 radical (unpaired) electrons. The summed E-state index contributed by atoms with van der Waals surface area (Å²) >= 11 is 1.94. The van der Waals surface area contributed by atoms with E-state index in [9.17, 15) is 4.79 Å². The number of carbonyl (C=O) groups excluding carboxylic acids is 1. The minimum absolute atomic E-state index is 0.232. The van der Waals surface area contributed by atoms with Crippen molar-refractivity contribution in [1.29, 1.82) is 0 Å². The topological polar surface area (TPSA) is 50.2 Å². The van der Waals surface area contributed by atoms with Gasteiger partial charge in [-0.15, -0.1) is 0 Å². The molecule has 0 saturated carbocycles. The second kappa shape index (κ2) is 5.77. The average molecular weight is 294 g/mol. The number of hydrogen-bond donors (Lipinski definition) is 1. The van der Waals surface area contributed by atoms with E-state index in [4.69, 9.17) is 0 Å². The number of piperidine rings is 1. The van der Waals surface area contributed by atoms with Crippen molar-refractivity contribution in [2.75, 3.05) is 31.6 Å². The Bertz CT molecular complexity index is 450. The molecule has 110 valence electrons. The van der Waals surface area contributed by atoms with E-state index in [1.807, 2.05) is 40.7 Å². The van der Waals surface area contributed by atoms with E-state index in [0.29, 0.717) is 6.04 Å². The lowest BCUT2D eigenvalue weighted by Gasteiger charge is -2.40. The molecule has 20 heavy (non-hydrogen) atoms. The van der Waals surface area contributed by atoms with Gasteiger partial charge in [0.05, 0.1) is 0 Å². The van der Waals surface area contributed by atoms with E-state index < -0.39 is 5.54 Å². The van der Waals surface area contributed by atoms with Crippen LogP contribution in [0.1, 0.15) is 19.3 Å². The summed E-state index contributed by atoms with van der Waals surface area (Å²) in [5, 5.41) is 7.73. The van der Waals surface area contributed by atoms with E-state index in [-0.39, 0.29) is 5.91 Å². The maximum Gasteiger partial charge on any atom is 0.250 e. The molecule has 0 aromatic carbocycles. The van der Waals surface area contributed by atoms with Crippen molar-refractivity contribution < 1.29 is 4.79 Å². The molecule has 2 fully saturated rings. The summed E-state index contributed by atoms with van der Waals surface area (Å²) in [6, 6.07) is 2.29. The summed E-state index contributed by atoms with van der Waals surface area (Å²) in [6.45, 7) is 1.75. The fraction of sp³-hybridized carbons (Fsp3) is 0.714. The van der Waals surface area contributed by atoms with Crippen LogP contribution in [0.3, 0.4) is 0 Å². The molecule has 0 bridgehead atoms. The third-order valence-electron chi connectivity index (χ3n) is 4.55. The zero-order valence-corrected chi connectivity index (χ0v) is 12.7. The van der Waals surface area contributed by atoms with Gasteiger partial charge < -0.3 is 10.2 Å². The first-order chi connectivity index (χ1) is 9.74. The van der Waals surface area contributed by atoms with Crippen LogP contribution in [0, 0.1) is 0 Å². The van der Waals surface area contributed by atoms with Crippen LogP contribution in [0.4, 0.5) is 0 Å². The molecule has 3 rings (SSSR count). The van der Waals surface area contributed by atoms with E-state index >= 15 is 0 Å². The summed E-state index contributed by atoms with van der Waals surface area (Å²) in [7, 11) is 1.96. The highest BCUT2D eigenvalue weighted by Crippen LogP contribution is 2.31. The molecule has 5 nitrogen and oxygen atoms in total.